The van der Waals surface area contributed by atoms with Crippen molar-refractivity contribution in [1.82, 2.24) is 10.3 Å². The topological polar surface area (TPSA) is 34.1 Å². The summed E-state index contributed by atoms with van der Waals surface area (Å²) >= 11 is 0. The van der Waals surface area contributed by atoms with E-state index in [2.05, 4.69) is 44.1 Å². The summed E-state index contributed by atoms with van der Waals surface area (Å²) in [5.41, 5.74) is 2.55. The van der Waals surface area contributed by atoms with Crippen LogP contribution in [0.15, 0.2) is 18.5 Å². The first kappa shape index (κ1) is 16.1. The van der Waals surface area contributed by atoms with Gasteiger partial charge in [-0.1, -0.05) is 6.92 Å². The van der Waals surface area contributed by atoms with Crippen LogP contribution in [0.2, 0.25) is 0 Å². The second kappa shape index (κ2) is 7.61. The van der Waals surface area contributed by atoms with Gasteiger partial charge in [-0.2, -0.15) is 0 Å². The van der Waals surface area contributed by atoms with Crippen LogP contribution in [0.3, 0.4) is 0 Å². The van der Waals surface area contributed by atoms with Gasteiger partial charge in [-0.3, -0.25) is 4.98 Å². The second-order valence-electron chi connectivity index (χ2n) is 5.74. The summed E-state index contributed by atoms with van der Waals surface area (Å²) in [5, 5.41) is 3.63. The average Bonchev–Trinajstić information content (AvgIpc) is 2.40. The van der Waals surface area contributed by atoms with E-state index in [4.69, 9.17) is 4.74 Å². The van der Waals surface area contributed by atoms with E-state index >= 15 is 0 Å². The van der Waals surface area contributed by atoms with Crippen LogP contribution >= 0.6 is 0 Å². The molecule has 0 aliphatic rings. The van der Waals surface area contributed by atoms with Crippen molar-refractivity contribution < 1.29 is 4.74 Å². The first-order valence-corrected chi connectivity index (χ1v) is 7.19. The predicted octanol–water partition coefficient (Wildman–Crippen LogP) is 3.64. The predicted molar refractivity (Wildman–Crippen MR) is 80.3 cm³/mol. The largest absolute Gasteiger partial charge is 0.379 e. The Hall–Kier alpha value is -0.930. The molecule has 0 saturated carbocycles. The van der Waals surface area contributed by atoms with Crippen molar-refractivity contribution in [2.75, 3.05) is 13.7 Å². The van der Waals surface area contributed by atoms with Gasteiger partial charge in [-0.05, 0) is 63.8 Å². The van der Waals surface area contributed by atoms with Gasteiger partial charge in [0.05, 0.1) is 5.60 Å². The second-order valence-corrected chi connectivity index (χ2v) is 5.74. The van der Waals surface area contributed by atoms with Crippen LogP contribution in [0.5, 0.6) is 0 Å². The molecule has 0 fully saturated rings. The summed E-state index contributed by atoms with van der Waals surface area (Å²) in [5.74, 6) is 0. The molecule has 3 nitrogen and oxygen atoms in total. The molecule has 1 aromatic rings. The number of rotatable bonds is 8. The molecule has 108 valence electrons. The highest BCUT2D eigenvalue weighted by Gasteiger charge is 2.20. The average molecular weight is 264 g/mol. The normalized spacial score (nSPS) is 13.5. The summed E-state index contributed by atoms with van der Waals surface area (Å²) in [6.45, 7) is 9.66. The highest BCUT2D eigenvalue weighted by atomic mass is 16.5. The Morgan fingerprint density at radius 2 is 2.16 bits per heavy atom. The fourth-order valence-corrected chi connectivity index (χ4v) is 2.12. The van der Waals surface area contributed by atoms with E-state index in [-0.39, 0.29) is 5.60 Å². The minimum atomic E-state index is -0.0672. The Kier molecular flexibility index (Phi) is 6.46. The van der Waals surface area contributed by atoms with E-state index in [0.717, 1.165) is 25.8 Å². The molecule has 1 N–H and O–H groups in total. The summed E-state index contributed by atoms with van der Waals surface area (Å²) in [6.07, 6.45) is 7.08. The zero-order valence-electron chi connectivity index (χ0n) is 13.0. The Bertz CT molecular complexity index is 377. The molecule has 1 rings (SSSR count). The van der Waals surface area contributed by atoms with E-state index in [0.29, 0.717) is 6.04 Å². The molecule has 0 bridgehead atoms. The number of nitrogens with one attached hydrogen (secondary N) is 1. The molecule has 1 aromatic heterocycles. The molecule has 0 spiro atoms. The number of hydrogen-bond donors (Lipinski definition) is 1. The van der Waals surface area contributed by atoms with Crippen molar-refractivity contribution in [2.45, 2.75) is 58.6 Å². The molecule has 19 heavy (non-hydrogen) atoms. The lowest BCUT2D eigenvalue weighted by Crippen LogP contribution is -2.28. The highest BCUT2D eigenvalue weighted by molar-refractivity contribution is 5.25. The van der Waals surface area contributed by atoms with Crippen molar-refractivity contribution >= 4 is 0 Å². The fourth-order valence-electron chi connectivity index (χ4n) is 2.12. The molecule has 0 aliphatic carbocycles. The molecule has 0 radical (unpaired) electrons. The maximum atomic E-state index is 5.52. The van der Waals surface area contributed by atoms with Crippen LogP contribution in [-0.2, 0) is 4.74 Å². The van der Waals surface area contributed by atoms with Crippen molar-refractivity contribution in [3.8, 4) is 0 Å². The smallest absolute Gasteiger partial charge is 0.0623 e. The van der Waals surface area contributed by atoms with Gasteiger partial charge in [-0.15, -0.1) is 0 Å². The minimum Gasteiger partial charge on any atom is -0.379 e. The summed E-state index contributed by atoms with van der Waals surface area (Å²) in [6, 6.07) is 2.44. The maximum Gasteiger partial charge on any atom is 0.0623 e. The number of hydrogen-bond acceptors (Lipinski definition) is 3. The van der Waals surface area contributed by atoms with E-state index in [1.54, 1.807) is 7.11 Å². The Balaban J connectivity index is 2.75. The lowest BCUT2D eigenvalue weighted by molar-refractivity contribution is 0.0116. The monoisotopic (exact) mass is 264 g/mol. The number of ether oxygens (including phenoxy) is 1. The molecule has 1 heterocycles. The quantitative estimate of drug-likeness (QED) is 0.778. The van der Waals surface area contributed by atoms with Crippen LogP contribution in [0.1, 0.15) is 57.2 Å². The van der Waals surface area contributed by atoms with Gasteiger partial charge in [0.2, 0.25) is 0 Å². The lowest BCUT2D eigenvalue weighted by atomic mass is 9.93. The van der Waals surface area contributed by atoms with Crippen molar-refractivity contribution in [3.63, 3.8) is 0 Å². The fraction of sp³-hybridized carbons (Fsp3) is 0.688. The van der Waals surface area contributed by atoms with E-state index in [9.17, 15) is 0 Å². The van der Waals surface area contributed by atoms with Gasteiger partial charge in [-0.25, -0.2) is 0 Å². The maximum absolute atomic E-state index is 5.52. The molecule has 0 amide bonds. The summed E-state index contributed by atoms with van der Waals surface area (Å²) in [4.78, 5) is 4.27. The third-order valence-corrected chi connectivity index (χ3v) is 3.68. The number of methoxy groups -OCH3 is 1. The molecule has 0 aromatic carbocycles. The first-order valence-electron chi connectivity index (χ1n) is 7.19. The molecule has 0 saturated heterocycles. The Morgan fingerprint density at radius 3 is 2.74 bits per heavy atom. The van der Waals surface area contributed by atoms with Crippen molar-refractivity contribution in [1.29, 1.82) is 0 Å². The molecule has 0 aliphatic heterocycles. The van der Waals surface area contributed by atoms with Crippen molar-refractivity contribution in [3.05, 3.63) is 29.6 Å². The van der Waals surface area contributed by atoms with Crippen LogP contribution in [0.4, 0.5) is 0 Å². The van der Waals surface area contributed by atoms with Gasteiger partial charge < -0.3 is 10.1 Å². The van der Waals surface area contributed by atoms with Gasteiger partial charge in [0.1, 0.15) is 0 Å². The first-order chi connectivity index (χ1) is 9.00. The molecule has 3 heteroatoms. The molecule has 1 atom stereocenters. The Labute approximate surface area is 117 Å². The van der Waals surface area contributed by atoms with E-state index < -0.39 is 0 Å². The van der Waals surface area contributed by atoms with Crippen LogP contribution in [0.25, 0.3) is 0 Å². The Morgan fingerprint density at radius 1 is 1.42 bits per heavy atom. The number of nitrogens with zero attached hydrogens (tertiary/aromatic N) is 1. The number of aromatic nitrogens is 1. The van der Waals surface area contributed by atoms with E-state index in [1.807, 2.05) is 12.4 Å². The standard InChI is InChI=1S/C16H28N2O/c1-6-10-18-15(7-9-16(3,4)19-5)14-12-17-11-8-13(14)2/h8,11-12,15,18H,6-7,9-10H2,1-5H3. The third-order valence-electron chi connectivity index (χ3n) is 3.68. The minimum absolute atomic E-state index is 0.0672. The number of pyridine rings is 1. The SMILES string of the molecule is CCCNC(CCC(C)(C)OC)c1cnccc1C. The molecule has 1 unspecified atom stereocenters. The molecular formula is C16H28N2O. The molecular weight excluding hydrogens is 236 g/mol. The highest BCUT2D eigenvalue weighted by Crippen LogP contribution is 2.26. The zero-order valence-corrected chi connectivity index (χ0v) is 13.0. The van der Waals surface area contributed by atoms with Crippen LogP contribution in [0, 0.1) is 6.92 Å². The zero-order chi connectivity index (χ0) is 14.3. The van der Waals surface area contributed by atoms with E-state index in [1.165, 1.54) is 11.1 Å². The summed E-state index contributed by atoms with van der Waals surface area (Å²) in [7, 11) is 1.78. The van der Waals surface area contributed by atoms with Gasteiger partial charge in [0.25, 0.3) is 0 Å². The van der Waals surface area contributed by atoms with Crippen LogP contribution < -0.4 is 5.32 Å². The van der Waals surface area contributed by atoms with Gasteiger partial charge >= 0.3 is 0 Å². The lowest BCUT2D eigenvalue weighted by Gasteiger charge is -2.27. The van der Waals surface area contributed by atoms with Gasteiger partial charge in [0.15, 0.2) is 0 Å². The summed E-state index contributed by atoms with van der Waals surface area (Å²) < 4.78 is 5.52. The third kappa shape index (κ3) is 5.29. The van der Waals surface area contributed by atoms with Crippen LogP contribution in [-0.4, -0.2) is 24.2 Å². The van der Waals surface area contributed by atoms with Gasteiger partial charge in [0, 0.05) is 25.5 Å². The number of aryl methyl sites for hydroxylation is 1. The van der Waals surface area contributed by atoms with Crippen molar-refractivity contribution in [2.24, 2.45) is 0 Å².